The number of carbonyl (C=O) groups excluding carboxylic acids is 1. The molecule has 0 aliphatic heterocycles. The Balaban J connectivity index is 1.66. The summed E-state index contributed by atoms with van der Waals surface area (Å²) in [5.41, 5.74) is 1.78. The molecule has 1 saturated carbocycles. The average molecular weight is 560 g/mol. The van der Waals surface area contributed by atoms with E-state index in [2.05, 4.69) is 20.6 Å². The Labute approximate surface area is 231 Å². The van der Waals surface area contributed by atoms with E-state index in [0.29, 0.717) is 54.1 Å². The highest BCUT2D eigenvalue weighted by Gasteiger charge is 2.48. The molecule has 3 aromatic heterocycles. The van der Waals surface area contributed by atoms with E-state index in [9.17, 15) is 20.1 Å². The number of aromatic nitrogens is 4. The van der Waals surface area contributed by atoms with Gasteiger partial charge >= 0.3 is 6.09 Å². The van der Waals surface area contributed by atoms with Gasteiger partial charge in [-0.15, -0.1) is 11.3 Å². The zero-order chi connectivity index (χ0) is 28.5. The lowest BCUT2D eigenvalue weighted by Crippen LogP contribution is -2.40. The van der Waals surface area contributed by atoms with Gasteiger partial charge in [0.25, 0.3) is 0 Å². The number of ether oxygens (including phenoxy) is 1. The monoisotopic (exact) mass is 559 g/mol. The Morgan fingerprint density at radius 2 is 1.95 bits per heavy atom. The van der Waals surface area contributed by atoms with Crippen LogP contribution in [-0.4, -0.2) is 96.8 Å². The molecule has 3 heterocycles. The number of fused-ring (bicyclic) bond motifs is 1. The van der Waals surface area contributed by atoms with Crippen molar-refractivity contribution >= 4 is 39.4 Å². The van der Waals surface area contributed by atoms with E-state index in [1.807, 2.05) is 19.9 Å². The Morgan fingerprint density at radius 1 is 1.21 bits per heavy atom. The van der Waals surface area contributed by atoms with Crippen molar-refractivity contribution in [3.63, 3.8) is 0 Å². The molecule has 212 valence electrons. The van der Waals surface area contributed by atoms with E-state index in [1.54, 1.807) is 34.0 Å². The molecule has 0 bridgehead atoms. The number of aliphatic hydroxyl groups is 3. The highest BCUT2D eigenvalue weighted by molar-refractivity contribution is 7.21. The molecule has 0 saturated heterocycles. The predicted octanol–water partition coefficient (Wildman–Crippen LogP) is 2.56. The van der Waals surface area contributed by atoms with Crippen LogP contribution < -0.4 is 10.6 Å². The van der Waals surface area contributed by atoms with Gasteiger partial charge in [-0.3, -0.25) is 4.98 Å². The third-order valence-electron chi connectivity index (χ3n) is 7.02. The summed E-state index contributed by atoms with van der Waals surface area (Å²) in [4.78, 5) is 31.9. The zero-order valence-electron chi connectivity index (χ0n) is 23.1. The van der Waals surface area contributed by atoms with Crippen molar-refractivity contribution in [2.45, 2.75) is 64.9 Å². The average Bonchev–Trinajstić information content (AvgIpc) is 3.41. The van der Waals surface area contributed by atoms with Crippen LogP contribution in [-0.2, 0) is 4.74 Å². The number of anilines is 2. The van der Waals surface area contributed by atoms with Gasteiger partial charge in [0, 0.05) is 32.3 Å². The van der Waals surface area contributed by atoms with Gasteiger partial charge in [0.15, 0.2) is 0 Å². The number of likely N-dealkylation sites (N-methyl/N-ethyl adjacent to an activating group) is 1. The number of aliphatic hydroxyl groups excluding tert-OH is 2. The van der Waals surface area contributed by atoms with Gasteiger partial charge in [0.1, 0.15) is 22.4 Å². The van der Waals surface area contributed by atoms with E-state index < -0.39 is 35.9 Å². The van der Waals surface area contributed by atoms with Crippen LogP contribution in [0.3, 0.4) is 0 Å². The molecule has 39 heavy (non-hydrogen) atoms. The molecule has 5 N–H and O–H groups in total. The summed E-state index contributed by atoms with van der Waals surface area (Å²) in [5.74, 6) is 0.256. The molecule has 4 rings (SSSR count). The second kappa shape index (κ2) is 11.5. The molecular formula is C26H37N7O5S. The fourth-order valence-corrected chi connectivity index (χ4v) is 5.93. The molecule has 12 nitrogen and oxygen atoms in total. The van der Waals surface area contributed by atoms with Gasteiger partial charge in [-0.2, -0.15) is 4.98 Å². The largest absolute Gasteiger partial charge is 0.450 e. The second-order valence-corrected chi connectivity index (χ2v) is 11.4. The number of amides is 1. The number of nitrogens with one attached hydrogen (secondary N) is 2. The van der Waals surface area contributed by atoms with E-state index in [-0.39, 0.29) is 0 Å². The first-order chi connectivity index (χ1) is 18.4. The van der Waals surface area contributed by atoms with Crippen molar-refractivity contribution in [2.24, 2.45) is 5.92 Å². The number of carbonyl (C=O) groups is 1. The van der Waals surface area contributed by atoms with Crippen molar-refractivity contribution in [3.05, 3.63) is 23.7 Å². The van der Waals surface area contributed by atoms with Crippen LogP contribution in [0, 0.1) is 19.8 Å². The maximum Gasteiger partial charge on any atom is 0.409 e. The van der Waals surface area contributed by atoms with Crippen LogP contribution in [0.15, 0.2) is 12.3 Å². The first-order valence-corrected chi connectivity index (χ1v) is 13.8. The highest BCUT2D eigenvalue weighted by atomic mass is 32.1. The minimum Gasteiger partial charge on any atom is -0.450 e. The first kappa shape index (κ1) is 28.9. The van der Waals surface area contributed by atoms with Crippen LogP contribution in [0.4, 0.5) is 16.6 Å². The molecule has 1 aliphatic carbocycles. The Kier molecular flexibility index (Phi) is 8.54. The van der Waals surface area contributed by atoms with Crippen molar-refractivity contribution in [1.82, 2.24) is 24.8 Å². The molecule has 1 unspecified atom stereocenters. The molecule has 3 aromatic rings. The lowest BCUT2D eigenvalue weighted by atomic mass is 9.88. The lowest BCUT2D eigenvalue weighted by Gasteiger charge is -2.28. The maximum atomic E-state index is 11.9. The quantitative estimate of drug-likeness (QED) is 0.261. The molecule has 4 atom stereocenters. The van der Waals surface area contributed by atoms with E-state index in [4.69, 9.17) is 14.7 Å². The Bertz CT molecular complexity index is 1330. The topological polar surface area (TPSA) is 166 Å². The minimum atomic E-state index is -1.17. The molecule has 1 fully saturated rings. The first-order valence-electron chi connectivity index (χ1n) is 13.0. The SMILES string of the molecule is CCOC(=O)N(C)CCNc1nc(C)c(-c2nc3c(C)nccc3s2)c(NC2C[C@H](C(C)(C)O)[C@@H](O)[C@H]2O)n1. The molecule has 1 amide bonds. The molecular weight excluding hydrogens is 522 g/mol. The van der Waals surface area contributed by atoms with Gasteiger partial charge in [0.2, 0.25) is 5.95 Å². The molecule has 13 heteroatoms. The number of pyridine rings is 1. The third kappa shape index (κ3) is 6.21. The standard InChI is InChI=1S/C26H37N7O5S/c1-7-38-25(36)33(6)11-10-28-24-29-13(2)18(23-31-19-14(3)27-9-8-17(19)39-23)22(32-24)30-16-12-15(26(4,5)37)20(34)21(16)35/h8-9,15-16,20-21,34-35,37H,7,10-12H2,1-6H3,(H2,28,29,30,32)/t15-,16?,20+,21-/m0/s1. The zero-order valence-corrected chi connectivity index (χ0v) is 23.9. The summed E-state index contributed by atoms with van der Waals surface area (Å²) >= 11 is 1.49. The number of rotatable bonds is 9. The summed E-state index contributed by atoms with van der Waals surface area (Å²) < 4.78 is 5.99. The summed E-state index contributed by atoms with van der Waals surface area (Å²) in [5, 5.41) is 39.2. The number of hydrogen-bond donors (Lipinski definition) is 5. The summed E-state index contributed by atoms with van der Waals surface area (Å²) in [6.07, 6.45) is -0.535. The number of nitrogens with zero attached hydrogens (tertiary/aromatic N) is 5. The third-order valence-corrected chi connectivity index (χ3v) is 8.05. The van der Waals surface area contributed by atoms with Crippen LogP contribution in [0.25, 0.3) is 20.8 Å². The van der Waals surface area contributed by atoms with Gasteiger partial charge < -0.3 is 35.6 Å². The molecule has 0 aromatic carbocycles. The van der Waals surface area contributed by atoms with Crippen molar-refractivity contribution in [3.8, 4) is 10.6 Å². The number of aryl methyl sites for hydroxylation is 2. The van der Waals surface area contributed by atoms with Crippen LogP contribution in [0.2, 0.25) is 0 Å². The van der Waals surface area contributed by atoms with Crippen LogP contribution in [0.1, 0.15) is 38.6 Å². The van der Waals surface area contributed by atoms with Crippen LogP contribution in [0.5, 0.6) is 0 Å². The van der Waals surface area contributed by atoms with Crippen LogP contribution >= 0.6 is 11.3 Å². The number of hydrogen-bond acceptors (Lipinski definition) is 12. The maximum absolute atomic E-state index is 11.9. The van der Waals surface area contributed by atoms with Gasteiger partial charge in [0.05, 0.1) is 46.0 Å². The molecule has 0 radical (unpaired) electrons. The molecule has 1 aliphatic rings. The van der Waals surface area contributed by atoms with Crippen molar-refractivity contribution in [1.29, 1.82) is 0 Å². The van der Waals surface area contributed by atoms with Crippen molar-refractivity contribution < 1.29 is 24.9 Å². The summed E-state index contributed by atoms with van der Waals surface area (Å²) in [6.45, 7) is 9.82. The van der Waals surface area contributed by atoms with Gasteiger partial charge in [-0.05, 0) is 47.1 Å². The summed E-state index contributed by atoms with van der Waals surface area (Å²) in [6, 6.07) is 1.35. The van der Waals surface area contributed by atoms with Crippen molar-refractivity contribution in [2.75, 3.05) is 37.4 Å². The fourth-order valence-electron chi connectivity index (χ4n) is 4.82. The smallest absolute Gasteiger partial charge is 0.409 e. The predicted molar refractivity (Wildman–Crippen MR) is 150 cm³/mol. The fraction of sp³-hybridized carbons (Fsp3) is 0.577. The minimum absolute atomic E-state index is 0.298. The lowest BCUT2D eigenvalue weighted by molar-refractivity contribution is -0.0601. The highest BCUT2D eigenvalue weighted by Crippen LogP contribution is 2.40. The van der Waals surface area contributed by atoms with Gasteiger partial charge in [-0.25, -0.2) is 14.8 Å². The molecule has 0 spiro atoms. The van der Waals surface area contributed by atoms with Gasteiger partial charge in [-0.1, -0.05) is 0 Å². The number of thiazole rings is 1. The summed E-state index contributed by atoms with van der Waals surface area (Å²) in [7, 11) is 1.65. The van der Waals surface area contributed by atoms with E-state index in [1.165, 1.54) is 16.2 Å². The van der Waals surface area contributed by atoms with E-state index >= 15 is 0 Å². The Morgan fingerprint density at radius 3 is 2.59 bits per heavy atom. The Hall–Kier alpha value is -3.13. The van der Waals surface area contributed by atoms with E-state index in [0.717, 1.165) is 15.9 Å². The second-order valence-electron chi connectivity index (χ2n) is 10.4. The normalized spacial score (nSPS) is 21.3.